The minimum absolute atomic E-state index is 0.135. The third-order valence-electron chi connectivity index (χ3n) is 3.20. The Balaban J connectivity index is 1.88. The largest absolute Gasteiger partial charge is 0.331 e. The van der Waals surface area contributed by atoms with Crippen molar-refractivity contribution in [3.05, 3.63) is 42.7 Å². The standard InChI is InChI=1S/C16H23N3O2S/c1-14(2)13-22(20,21)18-9-6-11-19-12-10-17-16(19)15-7-4-3-5-8-15/h3-5,7-8,10,12,14,18H,6,9,11,13H2,1-2H3. The summed E-state index contributed by atoms with van der Waals surface area (Å²) in [7, 11) is -3.16. The minimum atomic E-state index is -3.16. The SMILES string of the molecule is CC(C)CS(=O)(=O)NCCCn1ccnc1-c1ccccc1. The van der Waals surface area contributed by atoms with Crippen LogP contribution in [0.5, 0.6) is 0 Å². The van der Waals surface area contributed by atoms with Crippen molar-refractivity contribution in [1.29, 1.82) is 0 Å². The molecule has 0 radical (unpaired) electrons. The molecule has 1 N–H and O–H groups in total. The average molecular weight is 321 g/mol. The summed E-state index contributed by atoms with van der Waals surface area (Å²) in [4.78, 5) is 4.38. The summed E-state index contributed by atoms with van der Waals surface area (Å²) in [5.74, 6) is 1.22. The van der Waals surface area contributed by atoms with Crippen LogP contribution in [-0.2, 0) is 16.6 Å². The van der Waals surface area contributed by atoms with Crippen molar-refractivity contribution in [3.63, 3.8) is 0 Å². The molecule has 0 aliphatic carbocycles. The molecule has 0 spiro atoms. The van der Waals surface area contributed by atoms with E-state index in [9.17, 15) is 8.42 Å². The predicted molar refractivity (Wildman–Crippen MR) is 88.9 cm³/mol. The molecule has 120 valence electrons. The van der Waals surface area contributed by atoms with Gasteiger partial charge in [-0.1, -0.05) is 44.2 Å². The molecular formula is C16H23N3O2S. The van der Waals surface area contributed by atoms with Crippen LogP contribution in [0.1, 0.15) is 20.3 Å². The summed E-state index contributed by atoms with van der Waals surface area (Å²) in [5.41, 5.74) is 1.06. The van der Waals surface area contributed by atoms with E-state index in [1.165, 1.54) is 0 Å². The molecule has 22 heavy (non-hydrogen) atoms. The van der Waals surface area contributed by atoms with Gasteiger partial charge in [0.25, 0.3) is 0 Å². The highest BCUT2D eigenvalue weighted by molar-refractivity contribution is 7.89. The number of nitrogens with one attached hydrogen (secondary N) is 1. The van der Waals surface area contributed by atoms with Gasteiger partial charge in [-0.05, 0) is 12.3 Å². The molecule has 1 heterocycles. The quantitative estimate of drug-likeness (QED) is 0.760. The molecule has 1 aromatic heterocycles. The first-order valence-electron chi connectivity index (χ1n) is 7.52. The number of benzene rings is 1. The zero-order valence-electron chi connectivity index (χ0n) is 13.1. The smallest absolute Gasteiger partial charge is 0.211 e. The lowest BCUT2D eigenvalue weighted by Crippen LogP contribution is -2.29. The van der Waals surface area contributed by atoms with Gasteiger partial charge in [0, 0.05) is 31.0 Å². The number of aromatic nitrogens is 2. The minimum Gasteiger partial charge on any atom is -0.331 e. The van der Waals surface area contributed by atoms with E-state index in [1.807, 2.05) is 54.9 Å². The molecule has 0 unspecified atom stereocenters. The van der Waals surface area contributed by atoms with Crippen molar-refractivity contribution in [2.45, 2.75) is 26.8 Å². The van der Waals surface area contributed by atoms with Crippen molar-refractivity contribution in [2.24, 2.45) is 5.92 Å². The fraction of sp³-hybridized carbons (Fsp3) is 0.438. The monoisotopic (exact) mass is 321 g/mol. The van der Waals surface area contributed by atoms with Crippen molar-refractivity contribution >= 4 is 10.0 Å². The summed E-state index contributed by atoms with van der Waals surface area (Å²) in [5, 5.41) is 0. The first-order valence-corrected chi connectivity index (χ1v) is 9.17. The highest BCUT2D eigenvalue weighted by Gasteiger charge is 2.12. The molecule has 2 aromatic rings. The van der Waals surface area contributed by atoms with Crippen LogP contribution in [0, 0.1) is 5.92 Å². The summed E-state index contributed by atoms with van der Waals surface area (Å²) >= 11 is 0. The maximum absolute atomic E-state index is 11.8. The summed E-state index contributed by atoms with van der Waals surface area (Å²) in [6, 6.07) is 9.97. The lowest BCUT2D eigenvalue weighted by Gasteiger charge is -2.10. The number of sulfonamides is 1. The van der Waals surface area contributed by atoms with Gasteiger partial charge in [0.15, 0.2) is 0 Å². The zero-order valence-corrected chi connectivity index (χ0v) is 13.9. The van der Waals surface area contributed by atoms with Crippen molar-refractivity contribution in [1.82, 2.24) is 14.3 Å². The molecule has 0 bridgehead atoms. The second-order valence-corrected chi connectivity index (χ2v) is 7.58. The van der Waals surface area contributed by atoms with E-state index < -0.39 is 10.0 Å². The number of aryl methyl sites for hydroxylation is 1. The summed E-state index contributed by atoms with van der Waals surface area (Å²) in [6.07, 6.45) is 4.42. The first kappa shape index (κ1) is 16.7. The lowest BCUT2D eigenvalue weighted by atomic mass is 10.2. The van der Waals surface area contributed by atoms with Crippen LogP contribution in [0.25, 0.3) is 11.4 Å². The predicted octanol–water partition coefficient (Wildman–Crippen LogP) is 2.52. The van der Waals surface area contributed by atoms with Gasteiger partial charge in [-0.3, -0.25) is 0 Å². The number of imidazole rings is 1. The van der Waals surface area contributed by atoms with Gasteiger partial charge in [0.1, 0.15) is 5.82 Å². The Morgan fingerprint density at radius 3 is 2.64 bits per heavy atom. The van der Waals surface area contributed by atoms with Gasteiger partial charge >= 0.3 is 0 Å². The fourth-order valence-electron chi connectivity index (χ4n) is 2.31. The molecule has 5 nitrogen and oxygen atoms in total. The molecule has 0 saturated heterocycles. The van der Waals surface area contributed by atoms with Crippen LogP contribution < -0.4 is 4.72 Å². The Bertz CT molecular complexity index is 678. The van der Waals surface area contributed by atoms with E-state index in [0.29, 0.717) is 6.54 Å². The number of hydrogen-bond acceptors (Lipinski definition) is 3. The van der Waals surface area contributed by atoms with E-state index in [0.717, 1.165) is 24.4 Å². The normalized spacial score (nSPS) is 12.0. The Kier molecular flexibility index (Phi) is 5.74. The van der Waals surface area contributed by atoms with Crippen LogP contribution in [0.2, 0.25) is 0 Å². The molecule has 0 amide bonds. The van der Waals surface area contributed by atoms with E-state index >= 15 is 0 Å². The van der Waals surface area contributed by atoms with Crippen LogP contribution in [0.4, 0.5) is 0 Å². The maximum Gasteiger partial charge on any atom is 0.211 e. The van der Waals surface area contributed by atoms with E-state index in [-0.39, 0.29) is 11.7 Å². The second-order valence-electron chi connectivity index (χ2n) is 5.73. The van der Waals surface area contributed by atoms with E-state index in [2.05, 4.69) is 9.71 Å². The third kappa shape index (κ3) is 4.96. The number of nitrogens with zero attached hydrogens (tertiary/aromatic N) is 2. The fourth-order valence-corrected chi connectivity index (χ4v) is 3.76. The maximum atomic E-state index is 11.8. The molecule has 0 aliphatic rings. The third-order valence-corrected chi connectivity index (χ3v) is 4.95. The van der Waals surface area contributed by atoms with E-state index in [1.54, 1.807) is 6.20 Å². The van der Waals surface area contributed by atoms with Gasteiger partial charge in [-0.25, -0.2) is 18.1 Å². The Morgan fingerprint density at radius 1 is 1.23 bits per heavy atom. The van der Waals surface area contributed by atoms with Gasteiger partial charge in [-0.15, -0.1) is 0 Å². The molecule has 0 atom stereocenters. The molecule has 0 aliphatic heterocycles. The van der Waals surface area contributed by atoms with Crippen LogP contribution in [-0.4, -0.2) is 30.3 Å². The second kappa shape index (κ2) is 7.56. The van der Waals surface area contributed by atoms with Gasteiger partial charge in [0.2, 0.25) is 10.0 Å². The molecule has 2 rings (SSSR count). The topological polar surface area (TPSA) is 64.0 Å². The zero-order chi connectivity index (χ0) is 16.0. The van der Waals surface area contributed by atoms with Gasteiger partial charge < -0.3 is 4.57 Å². The van der Waals surface area contributed by atoms with Crippen molar-refractivity contribution < 1.29 is 8.42 Å². The summed E-state index contributed by atoms with van der Waals surface area (Å²) in [6.45, 7) is 4.98. The van der Waals surface area contributed by atoms with Gasteiger partial charge in [-0.2, -0.15) is 0 Å². The van der Waals surface area contributed by atoms with Crippen LogP contribution in [0.3, 0.4) is 0 Å². The van der Waals surface area contributed by atoms with E-state index in [4.69, 9.17) is 0 Å². The Hall–Kier alpha value is -1.66. The van der Waals surface area contributed by atoms with Crippen LogP contribution in [0.15, 0.2) is 42.7 Å². The highest BCUT2D eigenvalue weighted by Crippen LogP contribution is 2.16. The van der Waals surface area contributed by atoms with Gasteiger partial charge in [0.05, 0.1) is 5.75 Å². The summed E-state index contributed by atoms with van der Waals surface area (Å²) < 4.78 is 28.2. The first-order chi connectivity index (χ1) is 10.5. The Labute approximate surface area is 132 Å². The molecule has 0 fully saturated rings. The lowest BCUT2D eigenvalue weighted by molar-refractivity contribution is 0.559. The van der Waals surface area contributed by atoms with Crippen molar-refractivity contribution in [2.75, 3.05) is 12.3 Å². The Morgan fingerprint density at radius 2 is 1.95 bits per heavy atom. The average Bonchev–Trinajstić information content (AvgIpc) is 2.91. The molecular weight excluding hydrogens is 298 g/mol. The van der Waals surface area contributed by atoms with Crippen LogP contribution >= 0.6 is 0 Å². The number of rotatable bonds is 8. The van der Waals surface area contributed by atoms with Crippen molar-refractivity contribution in [3.8, 4) is 11.4 Å². The highest BCUT2D eigenvalue weighted by atomic mass is 32.2. The molecule has 6 heteroatoms. The number of hydrogen-bond donors (Lipinski definition) is 1. The molecule has 0 saturated carbocycles. The molecule has 1 aromatic carbocycles.